The Labute approximate surface area is 99.2 Å². The summed E-state index contributed by atoms with van der Waals surface area (Å²) >= 11 is 0. The molecule has 16 heavy (non-hydrogen) atoms. The second-order valence-electron chi connectivity index (χ2n) is 4.09. The number of carbonyl (C=O) groups is 1. The molecule has 0 aliphatic rings. The highest BCUT2D eigenvalue weighted by Crippen LogP contribution is 2.13. The molecular formula is C13H27FO2. The number of carboxylic acid groups (broad SMARTS) is 1. The number of halogens is 1. The predicted molar refractivity (Wildman–Crippen MR) is 66.5 cm³/mol. The third-order valence-electron chi connectivity index (χ3n) is 2.54. The zero-order valence-electron chi connectivity index (χ0n) is 9.67. The molecule has 0 bridgehead atoms. The molecule has 0 radical (unpaired) electrons. The largest absolute Gasteiger partial charge is 0.481 e. The van der Waals surface area contributed by atoms with Crippen molar-refractivity contribution in [3.63, 3.8) is 0 Å². The Kier molecular flexibility index (Phi) is 13.9. The monoisotopic (exact) mass is 234 g/mol. The van der Waals surface area contributed by atoms with E-state index in [1.165, 1.54) is 25.7 Å². The highest BCUT2D eigenvalue weighted by molar-refractivity contribution is 5.66. The lowest BCUT2D eigenvalue weighted by Gasteiger charge is -2.06. The van der Waals surface area contributed by atoms with E-state index < -0.39 is 12.1 Å². The summed E-state index contributed by atoms with van der Waals surface area (Å²) in [7, 11) is 0. The van der Waals surface area contributed by atoms with Crippen LogP contribution >= 0.6 is 0 Å². The van der Waals surface area contributed by atoms with Crippen LogP contribution in [0.25, 0.3) is 0 Å². The third kappa shape index (κ3) is 13.4. The van der Waals surface area contributed by atoms with E-state index in [1.807, 2.05) is 0 Å². The average molecular weight is 234 g/mol. The van der Waals surface area contributed by atoms with Crippen LogP contribution < -0.4 is 0 Å². The summed E-state index contributed by atoms with van der Waals surface area (Å²) in [6, 6.07) is 0. The second kappa shape index (κ2) is 12.5. The molecule has 0 aromatic rings. The van der Waals surface area contributed by atoms with Gasteiger partial charge in [-0.2, -0.15) is 0 Å². The molecule has 0 spiro atoms. The maximum atomic E-state index is 13.1. The first-order chi connectivity index (χ1) is 7.16. The lowest BCUT2D eigenvalue weighted by atomic mass is 10.1. The van der Waals surface area contributed by atoms with Crippen molar-refractivity contribution in [2.45, 2.75) is 78.3 Å². The summed E-state index contributed by atoms with van der Waals surface area (Å²) in [5.74, 6) is -0.902. The van der Waals surface area contributed by atoms with Crippen LogP contribution in [0, 0.1) is 0 Å². The van der Waals surface area contributed by atoms with Crippen LogP contribution in [0.3, 0.4) is 0 Å². The molecule has 0 amide bonds. The summed E-state index contributed by atoms with van der Waals surface area (Å²) in [4.78, 5) is 10.2. The summed E-state index contributed by atoms with van der Waals surface area (Å²) < 4.78 is 13.1. The Morgan fingerprint density at radius 1 is 1.12 bits per heavy atom. The van der Waals surface area contributed by atoms with Crippen LogP contribution in [0.4, 0.5) is 4.39 Å². The Bertz CT molecular complexity index is 160. The first-order valence-electron chi connectivity index (χ1n) is 6.02. The Balaban J connectivity index is 0. The lowest BCUT2D eigenvalue weighted by molar-refractivity contribution is -0.137. The van der Waals surface area contributed by atoms with Crippen molar-refractivity contribution < 1.29 is 14.3 Å². The van der Waals surface area contributed by atoms with E-state index in [4.69, 9.17) is 5.11 Å². The first-order valence-corrected chi connectivity index (χ1v) is 6.02. The average Bonchev–Trinajstić information content (AvgIpc) is 2.20. The molecule has 3 heteroatoms. The normalized spacial score (nSPS) is 11.9. The van der Waals surface area contributed by atoms with Gasteiger partial charge in [0.15, 0.2) is 0 Å². The van der Waals surface area contributed by atoms with Crippen LogP contribution in [-0.2, 0) is 4.79 Å². The molecule has 0 saturated carbocycles. The Morgan fingerprint density at radius 2 is 1.69 bits per heavy atom. The van der Waals surface area contributed by atoms with E-state index in [-0.39, 0.29) is 20.3 Å². The molecule has 0 aliphatic heterocycles. The van der Waals surface area contributed by atoms with Crippen molar-refractivity contribution in [3.05, 3.63) is 0 Å². The summed E-state index contributed by atoms with van der Waals surface area (Å²) in [5.41, 5.74) is 0. The fourth-order valence-electron chi connectivity index (χ4n) is 1.57. The number of unbranched alkanes of at least 4 members (excludes halogenated alkanes) is 5. The van der Waals surface area contributed by atoms with E-state index in [0.29, 0.717) is 6.42 Å². The molecule has 0 aliphatic carbocycles. The molecule has 0 heterocycles. The Hall–Kier alpha value is -0.600. The van der Waals surface area contributed by atoms with Gasteiger partial charge in [0, 0.05) is 6.42 Å². The minimum absolute atomic E-state index is 0. The predicted octanol–water partition coefficient (Wildman–Crippen LogP) is 4.58. The highest BCUT2D eigenvalue weighted by Gasteiger charge is 2.08. The van der Waals surface area contributed by atoms with Crippen molar-refractivity contribution in [1.29, 1.82) is 0 Å². The number of aliphatic carboxylic acids is 1. The maximum absolute atomic E-state index is 13.1. The third-order valence-corrected chi connectivity index (χ3v) is 2.54. The van der Waals surface area contributed by atoms with Gasteiger partial charge in [-0.15, -0.1) is 0 Å². The van der Waals surface area contributed by atoms with Gasteiger partial charge in [-0.1, -0.05) is 52.9 Å². The fraction of sp³-hybridized carbons (Fsp3) is 0.923. The minimum Gasteiger partial charge on any atom is -0.481 e. The number of hydrogen-bond acceptors (Lipinski definition) is 1. The van der Waals surface area contributed by atoms with Gasteiger partial charge in [-0.05, 0) is 12.8 Å². The maximum Gasteiger partial charge on any atom is 0.303 e. The SMILES string of the molecule is C.CCCCCCCCC(F)CCC(=O)O. The molecule has 1 unspecified atom stereocenters. The van der Waals surface area contributed by atoms with Crippen molar-refractivity contribution >= 4 is 5.97 Å². The van der Waals surface area contributed by atoms with Gasteiger partial charge in [-0.3, -0.25) is 4.79 Å². The van der Waals surface area contributed by atoms with Gasteiger partial charge in [-0.25, -0.2) is 4.39 Å². The second-order valence-corrected chi connectivity index (χ2v) is 4.09. The van der Waals surface area contributed by atoms with Crippen LogP contribution in [0.5, 0.6) is 0 Å². The van der Waals surface area contributed by atoms with Gasteiger partial charge in [0.2, 0.25) is 0 Å². The lowest BCUT2D eigenvalue weighted by Crippen LogP contribution is -2.04. The van der Waals surface area contributed by atoms with Crippen LogP contribution in [0.2, 0.25) is 0 Å². The molecular weight excluding hydrogens is 207 g/mol. The van der Waals surface area contributed by atoms with Crippen LogP contribution in [-0.4, -0.2) is 17.2 Å². The van der Waals surface area contributed by atoms with Crippen molar-refractivity contribution in [1.82, 2.24) is 0 Å². The van der Waals surface area contributed by atoms with Gasteiger partial charge < -0.3 is 5.11 Å². The zero-order chi connectivity index (χ0) is 11.5. The summed E-state index contributed by atoms with van der Waals surface area (Å²) in [6.45, 7) is 2.17. The molecule has 1 atom stereocenters. The molecule has 2 nitrogen and oxygen atoms in total. The van der Waals surface area contributed by atoms with E-state index in [2.05, 4.69) is 6.92 Å². The van der Waals surface area contributed by atoms with Gasteiger partial charge in [0.25, 0.3) is 0 Å². The van der Waals surface area contributed by atoms with Crippen molar-refractivity contribution in [2.75, 3.05) is 0 Å². The standard InChI is InChI=1S/C12H23FO2.CH4/c1-2-3-4-5-6-7-8-11(13)9-10-12(14)15;/h11H,2-10H2,1H3,(H,14,15);1H4. The molecule has 0 saturated heterocycles. The quantitative estimate of drug-likeness (QED) is 0.562. The molecule has 1 N–H and O–H groups in total. The summed E-state index contributed by atoms with van der Waals surface area (Å²) in [6.07, 6.45) is 6.61. The van der Waals surface area contributed by atoms with Crippen LogP contribution in [0.1, 0.15) is 72.1 Å². The van der Waals surface area contributed by atoms with Crippen molar-refractivity contribution in [3.8, 4) is 0 Å². The molecule has 0 fully saturated rings. The van der Waals surface area contributed by atoms with Crippen molar-refractivity contribution in [2.24, 2.45) is 0 Å². The highest BCUT2D eigenvalue weighted by atomic mass is 19.1. The van der Waals surface area contributed by atoms with E-state index in [0.717, 1.165) is 12.8 Å². The van der Waals surface area contributed by atoms with Crippen LogP contribution in [0.15, 0.2) is 0 Å². The van der Waals surface area contributed by atoms with E-state index >= 15 is 0 Å². The zero-order valence-corrected chi connectivity index (χ0v) is 9.67. The topological polar surface area (TPSA) is 37.3 Å². The first kappa shape index (κ1) is 17.8. The van der Waals surface area contributed by atoms with E-state index in [1.54, 1.807) is 0 Å². The number of carboxylic acids is 1. The smallest absolute Gasteiger partial charge is 0.303 e. The molecule has 0 aromatic carbocycles. The molecule has 0 rings (SSSR count). The molecule has 98 valence electrons. The van der Waals surface area contributed by atoms with E-state index in [9.17, 15) is 9.18 Å². The summed E-state index contributed by atoms with van der Waals surface area (Å²) in [5, 5.41) is 8.36. The minimum atomic E-state index is -0.924. The van der Waals surface area contributed by atoms with Gasteiger partial charge in [0.1, 0.15) is 6.17 Å². The number of rotatable bonds is 10. The number of alkyl halides is 1. The van der Waals surface area contributed by atoms with Gasteiger partial charge >= 0.3 is 5.97 Å². The molecule has 0 aromatic heterocycles. The Morgan fingerprint density at radius 3 is 2.25 bits per heavy atom. The number of hydrogen-bond donors (Lipinski definition) is 1. The fourth-order valence-corrected chi connectivity index (χ4v) is 1.57. The van der Waals surface area contributed by atoms with Gasteiger partial charge in [0.05, 0.1) is 0 Å².